The highest BCUT2D eigenvalue weighted by atomic mass is 16.5. The molecular weight excluding hydrogens is 474 g/mol. The van der Waals surface area contributed by atoms with E-state index in [1.54, 1.807) is 18.2 Å². The number of carbonyl (C=O) groups excluding carboxylic acids is 3. The molecule has 0 aromatic heterocycles. The molecule has 2 amide bonds. The average Bonchev–Trinajstić information content (AvgIpc) is 3.21. The second kappa shape index (κ2) is 15.7. The molecule has 0 saturated carbocycles. The number of carbonyl (C=O) groups is 3. The summed E-state index contributed by atoms with van der Waals surface area (Å²) >= 11 is 0. The summed E-state index contributed by atoms with van der Waals surface area (Å²) < 4.78 is 5.66. The Morgan fingerprint density at radius 3 is 2.16 bits per heavy atom. The molecule has 2 aromatic rings. The van der Waals surface area contributed by atoms with Crippen molar-refractivity contribution in [2.45, 2.75) is 90.1 Å². The molecule has 2 aromatic carbocycles. The van der Waals surface area contributed by atoms with Gasteiger partial charge in [-0.3, -0.25) is 19.7 Å². The Kier molecular flexibility index (Phi) is 12.0. The Hall–Kier alpha value is -3.47. The summed E-state index contributed by atoms with van der Waals surface area (Å²) in [6.07, 6.45) is 17.5. The predicted octanol–water partition coefficient (Wildman–Crippen LogP) is 7.21. The fourth-order valence-electron chi connectivity index (χ4n) is 4.94. The molecule has 0 aliphatic carbocycles. The van der Waals surface area contributed by atoms with Gasteiger partial charge >= 0.3 is 5.97 Å². The Balaban J connectivity index is 1.59. The zero-order chi connectivity index (χ0) is 27.2. The van der Waals surface area contributed by atoms with Gasteiger partial charge in [-0.1, -0.05) is 68.2 Å². The first-order valence-electron chi connectivity index (χ1n) is 14.0. The number of esters is 1. The standard InChI is InChI=1S/C33H41NO4/c1-3-5-7-9-11-13-16-25-20-21-28(26(22-25)17-14-12-10-8-6-4-2)24-38-30(35)23-27-18-15-19-29-31(27)33(37)34-32(29)36/h3-4,15,18-22H,1-2,5-14,16-17,23-24H2,(H,34,36,37). The molecule has 0 saturated heterocycles. The van der Waals surface area contributed by atoms with Gasteiger partial charge in [0, 0.05) is 0 Å². The van der Waals surface area contributed by atoms with Crippen molar-refractivity contribution < 1.29 is 19.1 Å². The molecule has 0 fully saturated rings. The molecule has 1 heterocycles. The minimum atomic E-state index is -0.458. The van der Waals surface area contributed by atoms with Crippen LogP contribution in [-0.2, 0) is 35.4 Å². The molecule has 38 heavy (non-hydrogen) atoms. The van der Waals surface area contributed by atoms with Crippen LogP contribution >= 0.6 is 0 Å². The van der Waals surface area contributed by atoms with Gasteiger partial charge in [0.25, 0.3) is 11.8 Å². The van der Waals surface area contributed by atoms with Gasteiger partial charge in [-0.05, 0) is 79.7 Å². The van der Waals surface area contributed by atoms with Gasteiger partial charge < -0.3 is 4.74 Å². The van der Waals surface area contributed by atoms with E-state index in [0.29, 0.717) is 11.1 Å². The zero-order valence-electron chi connectivity index (χ0n) is 22.6. The molecule has 0 atom stereocenters. The topological polar surface area (TPSA) is 72.5 Å². The number of hydrogen-bond acceptors (Lipinski definition) is 4. The second-order valence-corrected chi connectivity index (χ2v) is 10.0. The molecule has 0 spiro atoms. The number of fused-ring (bicyclic) bond motifs is 1. The molecule has 202 valence electrons. The number of ether oxygens (including phenoxy) is 1. The lowest BCUT2D eigenvalue weighted by Gasteiger charge is -2.13. The van der Waals surface area contributed by atoms with Crippen LogP contribution < -0.4 is 5.32 Å². The number of imide groups is 1. The SMILES string of the molecule is C=CCCCCCCc1ccc(COC(=O)Cc2cccc3c2C(=O)NC3=O)c(CCCCCCC=C)c1. The maximum Gasteiger partial charge on any atom is 0.310 e. The number of amides is 2. The van der Waals surface area contributed by atoms with Crippen LogP contribution in [0.2, 0.25) is 0 Å². The molecular formula is C33H41NO4. The lowest BCUT2D eigenvalue weighted by atomic mass is 9.96. The minimum absolute atomic E-state index is 0.0492. The molecule has 1 aliphatic rings. The Bertz CT molecular complexity index is 1130. The lowest BCUT2D eigenvalue weighted by molar-refractivity contribution is -0.144. The molecule has 3 rings (SSSR count). The van der Waals surface area contributed by atoms with Crippen LogP contribution in [0.3, 0.4) is 0 Å². The van der Waals surface area contributed by atoms with Crippen molar-refractivity contribution in [2.24, 2.45) is 0 Å². The number of allylic oxidation sites excluding steroid dienone is 2. The van der Waals surface area contributed by atoms with Gasteiger partial charge in [0.1, 0.15) is 6.61 Å². The largest absolute Gasteiger partial charge is 0.461 e. The number of nitrogens with one attached hydrogen (secondary N) is 1. The maximum absolute atomic E-state index is 12.7. The van der Waals surface area contributed by atoms with Crippen LogP contribution in [0.25, 0.3) is 0 Å². The summed E-state index contributed by atoms with van der Waals surface area (Å²) in [7, 11) is 0. The van der Waals surface area contributed by atoms with Crippen LogP contribution in [0.15, 0.2) is 61.7 Å². The van der Waals surface area contributed by atoms with Crippen LogP contribution in [0.5, 0.6) is 0 Å². The van der Waals surface area contributed by atoms with Crippen LogP contribution in [0, 0.1) is 0 Å². The Morgan fingerprint density at radius 1 is 0.763 bits per heavy atom. The highest BCUT2D eigenvalue weighted by Crippen LogP contribution is 2.22. The predicted molar refractivity (Wildman–Crippen MR) is 152 cm³/mol. The minimum Gasteiger partial charge on any atom is -0.461 e. The van der Waals surface area contributed by atoms with Crippen LogP contribution in [0.4, 0.5) is 0 Å². The molecule has 5 heteroatoms. The van der Waals surface area contributed by atoms with E-state index in [9.17, 15) is 14.4 Å². The Morgan fingerprint density at radius 2 is 1.45 bits per heavy atom. The summed E-state index contributed by atoms with van der Waals surface area (Å²) in [6.45, 7) is 7.79. The average molecular weight is 516 g/mol. The van der Waals surface area contributed by atoms with E-state index in [1.807, 2.05) is 12.2 Å². The van der Waals surface area contributed by atoms with Gasteiger partial charge in [0.05, 0.1) is 17.5 Å². The van der Waals surface area contributed by atoms with E-state index in [-0.39, 0.29) is 18.6 Å². The monoisotopic (exact) mass is 515 g/mol. The van der Waals surface area contributed by atoms with Crippen molar-refractivity contribution in [3.63, 3.8) is 0 Å². The van der Waals surface area contributed by atoms with Crippen molar-refractivity contribution in [3.8, 4) is 0 Å². The summed E-state index contributed by atoms with van der Waals surface area (Å²) in [5.74, 6) is -1.30. The second-order valence-electron chi connectivity index (χ2n) is 10.0. The molecule has 1 aliphatic heterocycles. The first-order valence-corrected chi connectivity index (χ1v) is 14.0. The molecule has 0 bridgehead atoms. The summed E-state index contributed by atoms with van der Waals surface area (Å²) in [4.78, 5) is 36.8. The van der Waals surface area contributed by atoms with Crippen molar-refractivity contribution in [2.75, 3.05) is 0 Å². The number of unbranched alkanes of at least 4 members (excludes halogenated alkanes) is 8. The third-order valence-corrected chi connectivity index (χ3v) is 7.07. The van der Waals surface area contributed by atoms with Crippen molar-refractivity contribution >= 4 is 17.8 Å². The van der Waals surface area contributed by atoms with E-state index in [0.717, 1.165) is 37.7 Å². The van der Waals surface area contributed by atoms with E-state index in [1.165, 1.54) is 56.1 Å². The smallest absolute Gasteiger partial charge is 0.310 e. The number of benzene rings is 2. The van der Waals surface area contributed by atoms with Gasteiger partial charge in [-0.2, -0.15) is 0 Å². The van der Waals surface area contributed by atoms with Gasteiger partial charge in [0.2, 0.25) is 0 Å². The molecule has 5 nitrogen and oxygen atoms in total. The van der Waals surface area contributed by atoms with Gasteiger partial charge in [-0.15, -0.1) is 13.2 Å². The van der Waals surface area contributed by atoms with Crippen LogP contribution in [-0.4, -0.2) is 17.8 Å². The zero-order valence-corrected chi connectivity index (χ0v) is 22.6. The third kappa shape index (κ3) is 8.83. The van der Waals surface area contributed by atoms with Crippen molar-refractivity contribution in [1.29, 1.82) is 0 Å². The Labute approximate surface area is 227 Å². The van der Waals surface area contributed by atoms with E-state index < -0.39 is 17.8 Å². The molecule has 0 unspecified atom stereocenters. The summed E-state index contributed by atoms with van der Waals surface area (Å²) in [6, 6.07) is 11.5. The van der Waals surface area contributed by atoms with E-state index in [2.05, 4.69) is 36.7 Å². The normalized spacial score (nSPS) is 12.2. The maximum atomic E-state index is 12.7. The first-order chi connectivity index (χ1) is 18.5. The first kappa shape index (κ1) is 29.1. The number of aryl methyl sites for hydroxylation is 2. The fraction of sp³-hybridized carbons (Fsp3) is 0.424. The highest BCUT2D eigenvalue weighted by molar-refractivity contribution is 6.22. The van der Waals surface area contributed by atoms with Crippen molar-refractivity contribution in [1.82, 2.24) is 5.32 Å². The lowest BCUT2D eigenvalue weighted by Crippen LogP contribution is -2.20. The fourth-order valence-corrected chi connectivity index (χ4v) is 4.94. The number of rotatable bonds is 18. The third-order valence-electron chi connectivity index (χ3n) is 7.07. The highest BCUT2D eigenvalue weighted by Gasteiger charge is 2.29. The van der Waals surface area contributed by atoms with E-state index >= 15 is 0 Å². The summed E-state index contributed by atoms with van der Waals surface area (Å²) in [5, 5.41) is 2.29. The molecule has 0 radical (unpaired) electrons. The van der Waals surface area contributed by atoms with Crippen molar-refractivity contribution in [3.05, 3.63) is 95.1 Å². The van der Waals surface area contributed by atoms with E-state index in [4.69, 9.17) is 4.74 Å². The van der Waals surface area contributed by atoms with Crippen LogP contribution in [0.1, 0.15) is 107 Å². The molecule has 1 N–H and O–H groups in total. The number of hydrogen-bond donors (Lipinski definition) is 1. The van der Waals surface area contributed by atoms with Gasteiger partial charge in [-0.25, -0.2) is 0 Å². The quantitative estimate of drug-likeness (QED) is 0.0985. The summed E-state index contributed by atoms with van der Waals surface area (Å²) in [5.41, 5.74) is 4.72. The van der Waals surface area contributed by atoms with Gasteiger partial charge in [0.15, 0.2) is 0 Å².